The number of nitrogens with two attached hydrogens (primary N) is 1. The normalized spacial score (nSPS) is 10.9. The summed E-state index contributed by atoms with van der Waals surface area (Å²) in [6.07, 6.45) is 1.86. The molecule has 0 radical (unpaired) electrons. The van der Waals surface area contributed by atoms with Crippen molar-refractivity contribution in [2.45, 2.75) is 13.8 Å². The summed E-state index contributed by atoms with van der Waals surface area (Å²) >= 11 is 0. The Hall–Kier alpha value is -2.63. The quantitative estimate of drug-likeness (QED) is 0.722. The number of hydrogen-bond donors (Lipinski definition) is 1. The Morgan fingerprint density at radius 1 is 1.20 bits per heavy atom. The van der Waals surface area contributed by atoms with Crippen LogP contribution < -0.4 is 5.73 Å². The maximum atomic E-state index is 5.90. The Kier molecular flexibility index (Phi) is 2.78. The summed E-state index contributed by atoms with van der Waals surface area (Å²) in [6.45, 7) is 3.85. The molecule has 0 atom stereocenters. The number of hydrogen-bond acceptors (Lipinski definition) is 5. The van der Waals surface area contributed by atoms with E-state index in [0.717, 1.165) is 22.4 Å². The highest BCUT2D eigenvalue weighted by Gasteiger charge is 2.16. The molecular weight excluding hydrogens is 254 g/mol. The van der Waals surface area contributed by atoms with Crippen LogP contribution in [-0.4, -0.2) is 19.9 Å². The molecule has 0 amide bonds. The highest BCUT2D eigenvalue weighted by Crippen LogP contribution is 2.27. The van der Waals surface area contributed by atoms with Crippen molar-refractivity contribution >= 4 is 5.69 Å². The molecule has 0 unspecified atom stereocenters. The van der Waals surface area contributed by atoms with E-state index >= 15 is 0 Å². The first-order valence-corrected chi connectivity index (χ1v) is 6.26. The molecular formula is C14H15N5O. The monoisotopic (exact) mass is 269 g/mol. The van der Waals surface area contributed by atoms with Gasteiger partial charge in [-0.05, 0) is 25.5 Å². The van der Waals surface area contributed by atoms with E-state index in [1.807, 2.05) is 45.3 Å². The van der Waals surface area contributed by atoms with Crippen LogP contribution in [0.1, 0.15) is 11.3 Å². The van der Waals surface area contributed by atoms with Crippen molar-refractivity contribution in [3.8, 4) is 22.8 Å². The molecule has 0 fully saturated rings. The van der Waals surface area contributed by atoms with Crippen molar-refractivity contribution in [3.63, 3.8) is 0 Å². The van der Waals surface area contributed by atoms with Gasteiger partial charge in [-0.1, -0.05) is 17.3 Å². The number of rotatable bonds is 2. The number of nitrogen functional groups attached to an aromatic ring is 1. The Morgan fingerprint density at radius 2 is 2.00 bits per heavy atom. The predicted octanol–water partition coefficient (Wildman–Crippen LogP) is 2.34. The van der Waals surface area contributed by atoms with Gasteiger partial charge in [-0.15, -0.1) is 0 Å². The summed E-state index contributed by atoms with van der Waals surface area (Å²) in [4.78, 5) is 4.44. The summed E-state index contributed by atoms with van der Waals surface area (Å²) in [7, 11) is 1.86. The van der Waals surface area contributed by atoms with E-state index in [2.05, 4.69) is 15.2 Å². The lowest BCUT2D eigenvalue weighted by atomic mass is 10.1. The average Bonchev–Trinajstić information content (AvgIpc) is 2.99. The van der Waals surface area contributed by atoms with Crippen molar-refractivity contribution < 1.29 is 4.52 Å². The molecule has 6 heteroatoms. The van der Waals surface area contributed by atoms with Gasteiger partial charge in [0.15, 0.2) is 0 Å². The van der Waals surface area contributed by atoms with Gasteiger partial charge >= 0.3 is 0 Å². The summed E-state index contributed by atoms with van der Waals surface area (Å²) in [5.41, 5.74) is 10.1. The van der Waals surface area contributed by atoms with Crippen LogP contribution >= 0.6 is 0 Å². The second kappa shape index (κ2) is 4.48. The van der Waals surface area contributed by atoms with E-state index in [9.17, 15) is 0 Å². The number of benzene rings is 1. The van der Waals surface area contributed by atoms with Crippen LogP contribution in [0.5, 0.6) is 0 Å². The van der Waals surface area contributed by atoms with Gasteiger partial charge in [0.25, 0.3) is 5.89 Å². The summed E-state index contributed by atoms with van der Waals surface area (Å²) in [5.74, 6) is 1.00. The maximum Gasteiger partial charge on any atom is 0.261 e. The van der Waals surface area contributed by atoms with Gasteiger partial charge < -0.3 is 10.3 Å². The van der Waals surface area contributed by atoms with Gasteiger partial charge in [-0.3, -0.25) is 4.68 Å². The third-order valence-corrected chi connectivity index (χ3v) is 3.29. The van der Waals surface area contributed by atoms with Gasteiger partial charge in [-0.25, -0.2) is 0 Å². The zero-order valence-corrected chi connectivity index (χ0v) is 11.6. The molecule has 6 nitrogen and oxygen atoms in total. The molecule has 0 aliphatic rings. The van der Waals surface area contributed by atoms with Crippen molar-refractivity contribution in [3.05, 3.63) is 35.7 Å². The molecule has 102 valence electrons. The van der Waals surface area contributed by atoms with E-state index in [1.54, 1.807) is 4.68 Å². The lowest BCUT2D eigenvalue weighted by Gasteiger charge is -2.03. The number of aryl methyl sites for hydroxylation is 2. The fraction of sp³-hybridized carbons (Fsp3) is 0.214. The fourth-order valence-electron chi connectivity index (χ4n) is 2.15. The van der Waals surface area contributed by atoms with Crippen LogP contribution in [0.4, 0.5) is 5.69 Å². The summed E-state index contributed by atoms with van der Waals surface area (Å²) in [6, 6.07) is 5.66. The van der Waals surface area contributed by atoms with Crippen molar-refractivity contribution in [1.82, 2.24) is 19.9 Å². The number of nitrogens with zero attached hydrogens (tertiary/aromatic N) is 4. The predicted molar refractivity (Wildman–Crippen MR) is 75.8 cm³/mol. The highest BCUT2D eigenvalue weighted by molar-refractivity contribution is 5.69. The minimum absolute atomic E-state index is 0.465. The third kappa shape index (κ3) is 1.95. The zero-order valence-electron chi connectivity index (χ0n) is 11.6. The largest absolute Gasteiger partial charge is 0.398 e. The number of aromatic nitrogens is 4. The second-order valence-electron chi connectivity index (χ2n) is 4.74. The minimum Gasteiger partial charge on any atom is -0.398 e. The van der Waals surface area contributed by atoms with Crippen LogP contribution in [0.25, 0.3) is 22.8 Å². The highest BCUT2D eigenvalue weighted by atomic mass is 16.5. The fourth-order valence-corrected chi connectivity index (χ4v) is 2.15. The Balaban J connectivity index is 2.06. The first-order valence-electron chi connectivity index (χ1n) is 6.26. The maximum absolute atomic E-state index is 5.90. The Morgan fingerprint density at radius 3 is 2.70 bits per heavy atom. The van der Waals surface area contributed by atoms with Gasteiger partial charge in [0.2, 0.25) is 5.82 Å². The molecule has 0 aliphatic carbocycles. The van der Waals surface area contributed by atoms with Crippen molar-refractivity contribution in [2.24, 2.45) is 7.05 Å². The van der Waals surface area contributed by atoms with Crippen LogP contribution in [0, 0.1) is 13.8 Å². The van der Waals surface area contributed by atoms with E-state index in [4.69, 9.17) is 10.3 Å². The van der Waals surface area contributed by atoms with E-state index in [-0.39, 0.29) is 0 Å². The van der Waals surface area contributed by atoms with E-state index in [1.165, 1.54) is 0 Å². The average molecular weight is 269 g/mol. The standard InChI is InChI=1S/C14H15N5O/c1-8-10(5-4-6-12(8)15)13-16-14(20-18-13)11-7-19(3)17-9(11)2/h4-7H,15H2,1-3H3. The van der Waals surface area contributed by atoms with Crippen molar-refractivity contribution in [2.75, 3.05) is 5.73 Å². The molecule has 2 aromatic heterocycles. The molecule has 20 heavy (non-hydrogen) atoms. The zero-order chi connectivity index (χ0) is 14.3. The summed E-state index contributed by atoms with van der Waals surface area (Å²) < 4.78 is 7.06. The molecule has 3 rings (SSSR count). The number of anilines is 1. The molecule has 0 aliphatic heterocycles. The molecule has 0 saturated carbocycles. The molecule has 0 saturated heterocycles. The molecule has 2 heterocycles. The van der Waals surface area contributed by atoms with Gasteiger partial charge in [-0.2, -0.15) is 10.1 Å². The lowest BCUT2D eigenvalue weighted by molar-refractivity contribution is 0.432. The first-order chi connectivity index (χ1) is 9.56. The third-order valence-electron chi connectivity index (χ3n) is 3.29. The molecule has 0 spiro atoms. The van der Waals surface area contributed by atoms with Crippen LogP contribution in [0.15, 0.2) is 28.9 Å². The van der Waals surface area contributed by atoms with Crippen molar-refractivity contribution in [1.29, 1.82) is 0 Å². The molecule has 0 bridgehead atoms. The van der Waals surface area contributed by atoms with Gasteiger partial charge in [0, 0.05) is 24.5 Å². The molecule has 2 N–H and O–H groups in total. The molecule has 3 aromatic rings. The van der Waals surface area contributed by atoms with Gasteiger partial charge in [0.05, 0.1) is 11.3 Å². The first kappa shape index (κ1) is 12.4. The summed E-state index contributed by atoms with van der Waals surface area (Å²) in [5, 5.41) is 8.31. The smallest absolute Gasteiger partial charge is 0.261 e. The SMILES string of the molecule is Cc1nn(C)cc1-c1nc(-c2cccc(N)c2C)no1. The van der Waals surface area contributed by atoms with Crippen LogP contribution in [0.3, 0.4) is 0 Å². The lowest BCUT2D eigenvalue weighted by Crippen LogP contribution is -1.92. The second-order valence-corrected chi connectivity index (χ2v) is 4.74. The Bertz CT molecular complexity index is 772. The van der Waals surface area contributed by atoms with E-state index < -0.39 is 0 Å². The minimum atomic E-state index is 0.465. The topological polar surface area (TPSA) is 82.8 Å². The molecule has 1 aromatic carbocycles. The van der Waals surface area contributed by atoms with Gasteiger partial charge in [0.1, 0.15) is 0 Å². The van der Waals surface area contributed by atoms with Crippen LogP contribution in [-0.2, 0) is 7.05 Å². The van der Waals surface area contributed by atoms with E-state index in [0.29, 0.717) is 17.4 Å². The van der Waals surface area contributed by atoms with Crippen LogP contribution in [0.2, 0.25) is 0 Å². The Labute approximate surface area is 116 Å².